The standard InChI is InChI=1S/C13H23N3O2S/c1-4-7-16(9-8-15(2)3)13-14-11(10-19-13)5-6-12(17)18/h10H,4-9H2,1-3H3,(H,17,18). The maximum Gasteiger partial charge on any atom is 0.303 e. The molecule has 0 bridgehead atoms. The van der Waals surface area contributed by atoms with E-state index in [1.54, 1.807) is 11.3 Å². The maximum atomic E-state index is 10.6. The van der Waals surface area contributed by atoms with Gasteiger partial charge in [-0.2, -0.15) is 0 Å². The molecule has 5 nitrogen and oxygen atoms in total. The minimum atomic E-state index is -0.771. The first-order chi connectivity index (χ1) is 9.02. The van der Waals surface area contributed by atoms with Gasteiger partial charge in [0.05, 0.1) is 12.1 Å². The van der Waals surface area contributed by atoms with E-state index < -0.39 is 5.97 Å². The van der Waals surface area contributed by atoms with Crippen molar-refractivity contribution in [3.63, 3.8) is 0 Å². The van der Waals surface area contributed by atoms with Gasteiger partial charge in [-0.05, 0) is 20.5 Å². The average molecular weight is 285 g/mol. The van der Waals surface area contributed by atoms with Crippen molar-refractivity contribution in [1.29, 1.82) is 0 Å². The van der Waals surface area contributed by atoms with E-state index in [-0.39, 0.29) is 6.42 Å². The molecule has 1 N–H and O–H groups in total. The Labute approximate surface area is 118 Å². The highest BCUT2D eigenvalue weighted by Crippen LogP contribution is 2.21. The van der Waals surface area contributed by atoms with E-state index in [0.717, 1.165) is 36.9 Å². The summed E-state index contributed by atoms with van der Waals surface area (Å²) in [7, 11) is 4.12. The zero-order valence-electron chi connectivity index (χ0n) is 11.9. The Morgan fingerprint density at radius 1 is 1.37 bits per heavy atom. The quantitative estimate of drug-likeness (QED) is 0.751. The molecule has 0 fully saturated rings. The van der Waals surface area contributed by atoms with Crippen molar-refractivity contribution in [3.8, 4) is 0 Å². The van der Waals surface area contributed by atoms with Gasteiger partial charge >= 0.3 is 5.97 Å². The Bertz CT molecular complexity index is 393. The van der Waals surface area contributed by atoms with Gasteiger partial charge in [0.1, 0.15) is 0 Å². The van der Waals surface area contributed by atoms with Gasteiger partial charge in [0.25, 0.3) is 0 Å². The van der Waals surface area contributed by atoms with Crippen LogP contribution in [-0.4, -0.2) is 54.7 Å². The van der Waals surface area contributed by atoms with Crippen LogP contribution in [0.1, 0.15) is 25.5 Å². The van der Waals surface area contributed by atoms with Gasteiger partial charge in [-0.1, -0.05) is 6.92 Å². The molecule has 1 heterocycles. The molecule has 0 spiro atoms. The van der Waals surface area contributed by atoms with Crippen molar-refractivity contribution in [2.45, 2.75) is 26.2 Å². The van der Waals surface area contributed by atoms with E-state index in [1.165, 1.54) is 0 Å². The number of aliphatic carboxylic acids is 1. The molecule has 0 saturated heterocycles. The van der Waals surface area contributed by atoms with Crippen molar-refractivity contribution in [3.05, 3.63) is 11.1 Å². The van der Waals surface area contributed by atoms with E-state index in [9.17, 15) is 4.79 Å². The van der Waals surface area contributed by atoms with Crippen molar-refractivity contribution >= 4 is 22.4 Å². The highest BCUT2D eigenvalue weighted by atomic mass is 32.1. The van der Waals surface area contributed by atoms with Crippen LogP contribution in [-0.2, 0) is 11.2 Å². The maximum absolute atomic E-state index is 10.6. The number of nitrogens with zero attached hydrogens (tertiary/aromatic N) is 3. The van der Waals surface area contributed by atoms with Crippen LogP contribution < -0.4 is 4.90 Å². The van der Waals surface area contributed by atoms with Gasteiger partial charge in [-0.15, -0.1) is 11.3 Å². The van der Waals surface area contributed by atoms with Crippen LogP contribution in [0.3, 0.4) is 0 Å². The SMILES string of the molecule is CCCN(CCN(C)C)c1nc(CCC(=O)O)cs1. The van der Waals surface area contributed by atoms with Crippen LogP contribution >= 0.6 is 11.3 Å². The summed E-state index contributed by atoms with van der Waals surface area (Å²) in [6, 6.07) is 0. The van der Waals surface area contributed by atoms with Gasteiger partial charge in [0.15, 0.2) is 5.13 Å². The second kappa shape index (κ2) is 8.12. The van der Waals surface area contributed by atoms with Crippen LogP contribution in [0.15, 0.2) is 5.38 Å². The lowest BCUT2D eigenvalue weighted by atomic mass is 10.2. The summed E-state index contributed by atoms with van der Waals surface area (Å²) in [6.07, 6.45) is 1.74. The van der Waals surface area contributed by atoms with Gasteiger partial charge in [-0.3, -0.25) is 4.79 Å². The molecule has 0 aromatic carbocycles. The number of likely N-dealkylation sites (N-methyl/N-ethyl adjacent to an activating group) is 1. The van der Waals surface area contributed by atoms with Crippen LogP contribution in [0.5, 0.6) is 0 Å². The number of carboxylic acid groups (broad SMARTS) is 1. The summed E-state index contributed by atoms with van der Waals surface area (Å²) < 4.78 is 0. The second-order valence-corrected chi connectivity index (χ2v) is 5.64. The molecule has 0 amide bonds. The van der Waals surface area contributed by atoms with Crippen molar-refractivity contribution in [2.75, 3.05) is 38.6 Å². The predicted octanol–water partition coefficient (Wildman–Crippen LogP) is 1.94. The number of aryl methyl sites for hydroxylation is 1. The molecule has 0 aliphatic carbocycles. The molecule has 0 aliphatic rings. The van der Waals surface area contributed by atoms with Crippen molar-refractivity contribution in [1.82, 2.24) is 9.88 Å². The third-order valence-electron chi connectivity index (χ3n) is 2.72. The first-order valence-corrected chi connectivity index (χ1v) is 7.46. The zero-order valence-corrected chi connectivity index (χ0v) is 12.7. The fraction of sp³-hybridized carbons (Fsp3) is 0.692. The fourth-order valence-corrected chi connectivity index (χ4v) is 2.60. The van der Waals surface area contributed by atoms with E-state index in [0.29, 0.717) is 6.42 Å². The molecule has 1 aromatic heterocycles. The molecule has 6 heteroatoms. The molecule has 19 heavy (non-hydrogen) atoms. The minimum Gasteiger partial charge on any atom is -0.481 e. The number of aromatic nitrogens is 1. The van der Waals surface area contributed by atoms with E-state index in [1.807, 2.05) is 5.38 Å². The van der Waals surface area contributed by atoms with Gasteiger partial charge in [0, 0.05) is 31.4 Å². The number of carbonyl (C=O) groups is 1. The number of carboxylic acids is 1. The highest BCUT2D eigenvalue weighted by molar-refractivity contribution is 7.13. The number of hydrogen-bond donors (Lipinski definition) is 1. The van der Waals surface area contributed by atoms with E-state index in [4.69, 9.17) is 5.11 Å². The molecule has 108 valence electrons. The first-order valence-electron chi connectivity index (χ1n) is 6.58. The van der Waals surface area contributed by atoms with Crippen LogP contribution in [0.2, 0.25) is 0 Å². The number of anilines is 1. The molecule has 0 unspecified atom stereocenters. The Balaban J connectivity index is 2.60. The summed E-state index contributed by atoms with van der Waals surface area (Å²) in [4.78, 5) is 19.5. The van der Waals surface area contributed by atoms with E-state index >= 15 is 0 Å². The summed E-state index contributed by atoms with van der Waals surface area (Å²) in [5.74, 6) is -0.771. The predicted molar refractivity (Wildman–Crippen MR) is 79.1 cm³/mol. The molecule has 1 aromatic rings. The Morgan fingerprint density at radius 3 is 2.68 bits per heavy atom. The Hall–Kier alpha value is -1.14. The summed E-state index contributed by atoms with van der Waals surface area (Å²) in [5.41, 5.74) is 0.883. The molecule has 0 aliphatic heterocycles. The average Bonchev–Trinajstić information content (AvgIpc) is 2.80. The molecular formula is C13H23N3O2S. The monoisotopic (exact) mass is 285 g/mol. The number of rotatable bonds is 9. The first kappa shape index (κ1) is 15.9. The third-order valence-corrected chi connectivity index (χ3v) is 3.67. The van der Waals surface area contributed by atoms with Crippen molar-refractivity contribution < 1.29 is 9.90 Å². The highest BCUT2D eigenvalue weighted by Gasteiger charge is 2.11. The molecule has 0 atom stereocenters. The number of thiazole rings is 1. The molecule has 0 saturated carbocycles. The molecular weight excluding hydrogens is 262 g/mol. The van der Waals surface area contributed by atoms with Gasteiger partial charge < -0.3 is 14.9 Å². The van der Waals surface area contributed by atoms with Gasteiger partial charge in [-0.25, -0.2) is 4.98 Å². The minimum absolute atomic E-state index is 0.147. The van der Waals surface area contributed by atoms with Crippen LogP contribution in [0, 0.1) is 0 Å². The lowest BCUT2D eigenvalue weighted by Crippen LogP contribution is -2.32. The number of hydrogen-bond acceptors (Lipinski definition) is 5. The second-order valence-electron chi connectivity index (χ2n) is 4.81. The van der Waals surface area contributed by atoms with E-state index in [2.05, 4.69) is 35.8 Å². The molecule has 1 rings (SSSR count). The Kier molecular flexibility index (Phi) is 6.80. The third kappa shape index (κ3) is 6.02. The molecule has 0 radical (unpaired) electrons. The largest absolute Gasteiger partial charge is 0.481 e. The van der Waals surface area contributed by atoms with Gasteiger partial charge in [0.2, 0.25) is 0 Å². The Morgan fingerprint density at radius 2 is 2.11 bits per heavy atom. The smallest absolute Gasteiger partial charge is 0.303 e. The lowest BCUT2D eigenvalue weighted by Gasteiger charge is -2.23. The van der Waals surface area contributed by atoms with Crippen molar-refractivity contribution in [2.24, 2.45) is 0 Å². The lowest BCUT2D eigenvalue weighted by molar-refractivity contribution is -0.136. The van der Waals surface area contributed by atoms with Crippen LogP contribution in [0.4, 0.5) is 5.13 Å². The normalized spacial score (nSPS) is 10.9. The topological polar surface area (TPSA) is 56.7 Å². The fourth-order valence-electron chi connectivity index (χ4n) is 1.69. The van der Waals surface area contributed by atoms with Crippen LogP contribution in [0.25, 0.3) is 0 Å². The summed E-state index contributed by atoms with van der Waals surface area (Å²) >= 11 is 1.60. The zero-order chi connectivity index (χ0) is 14.3. The summed E-state index contributed by atoms with van der Waals surface area (Å²) in [5, 5.41) is 11.7. The summed E-state index contributed by atoms with van der Waals surface area (Å²) in [6.45, 7) is 5.08.